The van der Waals surface area contributed by atoms with Crippen LogP contribution in [0.2, 0.25) is 0 Å². The van der Waals surface area contributed by atoms with Crippen LogP contribution in [0, 0.1) is 0 Å². The molecule has 4 heteroatoms. The summed E-state index contributed by atoms with van der Waals surface area (Å²) in [5.41, 5.74) is 0. The van der Waals surface area contributed by atoms with Crippen LogP contribution in [0.4, 0.5) is 0 Å². The molecule has 4 nitrogen and oxygen atoms in total. The van der Waals surface area contributed by atoms with E-state index in [1.54, 1.807) is 7.05 Å². The third-order valence-electron chi connectivity index (χ3n) is 1.62. The van der Waals surface area contributed by atoms with Crippen molar-refractivity contribution in [3.63, 3.8) is 0 Å². The summed E-state index contributed by atoms with van der Waals surface area (Å²) in [5, 5.41) is 3.08. The molecule has 62 valence electrons. The molecule has 0 atom stereocenters. The zero-order valence-corrected chi connectivity index (χ0v) is 7.20. The Morgan fingerprint density at radius 2 is 2.45 bits per heavy atom. The molecule has 0 bridgehead atoms. The molecule has 0 amide bonds. The first-order valence-corrected chi connectivity index (χ1v) is 3.74. The summed E-state index contributed by atoms with van der Waals surface area (Å²) in [5.74, 6) is 0.710. The topological polar surface area (TPSA) is 40.0 Å². The Bertz CT molecular complexity index is 183. The lowest BCUT2D eigenvalue weighted by Gasteiger charge is -2.27. The van der Waals surface area contributed by atoms with E-state index in [-0.39, 0.29) is 0 Å². The van der Waals surface area contributed by atoms with Gasteiger partial charge in [-0.1, -0.05) is 0 Å². The van der Waals surface area contributed by atoms with Crippen molar-refractivity contribution in [3.8, 4) is 0 Å². The summed E-state index contributed by atoms with van der Waals surface area (Å²) in [4.78, 5) is 10.1. The lowest BCUT2D eigenvalue weighted by Crippen LogP contribution is -2.44. The number of rotatable bonds is 1. The molecule has 0 saturated heterocycles. The van der Waals surface area contributed by atoms with Gasteiger partial charge in [0, 0.05) is 13.1 Å². The van der Waals surface area contributed by atoms with Crippen molar-refractivity contribution in [2.45, 2.75) is 19.9 Å². The predicted octanol–water partition coefficient (Wildman–Crippen LogP) is 0.272. The molecule has 0 radical (unpaired) electrons. The van der Waals surface area contributed by atoms with E-state index in [9.17, 15) is 0 Å². The fourth-order valence-corrected chi connectivity index (χ4v) is 0.830. The Hall–Kier alpha value is -1.06. The van der Waals surface area contributed by atoms with E-state index in [2.05, 4.69) is 34.0 Å². The van der Waals surface area contributed by atoms with E-state index in [1.807, 2.05) is 6.34 Å². The summed E-state index contributed by atoms with van der Waals surface area (Å²) in [6, 6.07) is 0.490. The summed E-state index contributed by atoms with van der Waals surface area (Å²) in [7, 11) is 1.73. The van der Waals surface area contributed by atoms with Crippen molar-refractivity contribution >= 4 is 12.3 Å². The zero-order valence-electron chi connectivity index (χ0n) is 7.20. The first-order valence-electron chi connectivity index (χ1n) is 3.74. The summed E-state index contributed by atoms with van der Waals surface area (Å²) in [6.07, 6.45) is 1.82. The molecule has 0 fully saturated rings. The molecule has 1 heterocycles. The average Bonchev–Trinajstić information content (AvgIpc) is 2.05. The highest BCUT2D eigenvalue weighted by Crippen LogP contribution is 1.96. The summed E-state index contributed by atoms with van der Waals surface area (Å²) in [6.45, 7) is 5.05. The highest BCUT2D eigenvalue weighted by Gasteiger charge is 2.09. The quantitative estimate of drug-likeness (QED) is 0.589. The van der Waals surface area contributed by atoms with Crippen LogP contribution >= 0.6 is 0 Å². The fourth-order valence-electron chi connectivity index (χ4n) is 0.830. The normalized spacial score (nSPS) is 21.1. The number of aliphatic imine (C=N–C) groups is 2. The number of hydrogen-bond acceptors (Lipinski definition) is 2. The highest BCUT2D eigenvalue weighted by molar-refractivity contribution is 5.88. The van der Waals surface area contributed by atoms with Crippen molar-refractivity contribution in [2.75, 3.05) is 13.7 Å². The van der Waals surface area contributed by atoms with E-state index in [4.69, 9.17) is 0 Å². The Morgan fingerprint density at radius 3 is 2.82 bits per heavy atom. The van der Waals surface area contributed by atoms with Gasteiger partial charge in [0.25, 0.3) is 0 Å². The molecule has 11 heavy (non-hydrogen) atoms. The second-order valence-corrected chi connectivity index (χ2v) is 2.73. The van der Waals surface area contributed by atoms with Crippen LogP contribution in [-0.2, 0) is 0 Å². The van der Waals surface area contributed by atoms with Gasteiger partial charge in [0.05, 0.1) is 13.0 Å². The van der Waals surface area contributed by atoms with E-state index in [0.717, 1.165) is 6.67 Å². The van der Waals surface area contributed by atoms with Crippen LogP contribution in [0.15, 0.2) is 9.98 Å². The molecule has 0 saturated carbocycles. The van der Waals surface area contributed by atoms with E-state index >= 15 is 0 Å². The lowest BCUT2D eigenvalue weighted by atomic mass is 10.3. The number of hydrogen-bond donors (Lipinski definition) is 1. The zero-order chi connectivity index (χ0) is 8.27. The van der Waals surface area contributed by atoms with E-state index < -0.39 is 0 Å². The van der Waals surface area contributed by atoms with Gasteiger partial charge in [-0.25, -0.2) is 4.99 Å². The van der Waals surface area contributed by atoms with Gasteiger partial charge in [-0.15, -0.1) is 0 Å². The molecule has 1 aliphatic rings. The fraction of sp³-hybridized carbons (Fsp3) is 0.714. The maximum atomic E-state index is 4.09. The van der Waals surface area contributed by atoms with Gasteiger partial charge < -0.3 is 10.2 Å². The van der Waals surface area contributed by atoms with Crippen LogP contribution in [0.3, 0.4) is 0 Å². The first kappa shape index (κ1) is 8.04. The average molecular weight is 154 g/mol. The minimum Gasteiger partial charge on any atom is -0.342 e. The van der Waals surface area contributed by atoms with Gasteiger partial charge in [-0.05, 0) is 13.8 Å². The molecule has 1 rings (SSSR count). The van der Waals surface area contributed by atoms with E-state index in [0.29, 0.717) is 12.0 Å². The number of nitrogens with one attached hydrogen (secondary N) is 1. The van der Waals surface area contributed by atoms with Crippen molar-refractivity contribution < 1.29 is 0 Å². The summed E-state index contributed by atoms with van der Waals surface area (Å²) >= 11 is 0. The Morgan fingerprint density at radius 1 is 1.73 bits per heavy atom. The maximum Gasteiger partial charge on any atom is 0.220 e. The largest absolute Gasteiger partial charge is 0.342 e. The van der Waals surface area contributed by atoms with Crippen LogP contribution in [-0.4, -0.2) is 37.0 Å². The van der Waals surface area contributed by atoms with Gasteiger partial charge in [0.1, 0.15) is 0 Å². The van der Waals surface area contributed by atoms with Crippen molar-refractivity contribution in [2.24, 2.45) is 9.98 Å². The summed E-state index contributed by atoms with van der Waals surface area (Å²) < 4.78 is 0. The van der Waals surface area contributed by atoms with Crippen LogP contribution in [0.25, 0.3) is 0 Å². The molecule has 0 aromatic rings. The highest BCUT2D eigenvalue weighted by atomic mass is 15.3. The smallest absolute Gasteiger partial charge is 0.220 e. The van der Waals surface area contributed by atoms with E-state index in [1.165, 1.54) is 0 Å². The molecule has 0 aromatic heterocycles. The molecule has 0 aliphatic carbocycles. The van der Waals surface area contributed by atoms with Crippen LogP contribution in [0.1, 0.15) is 13.8 Å². The van der Waals surface area contributed by atoms with Crippen LogP contribution in [0.5, 0.6) is 0 Å². The third kappa shape index (κ3) is 1.93. The molecule has 0 spiro atoms. The van der Waals surface area contributed by atoms with Gasteiger partial charge in [-0.2, -0.15) is 0 Å². The molecule has 0 aromatic carbocycles. The van der Waals surface area contributed by atoms with Crippen molar-refractivity contribution in [1.82, 2.24) is 10.2 Å². The second kappa shape index (κ2) is 3.37. The Labute approximate surface area is 67.0 Å². The first-order chi connectivity index (χ1) is 5.24. The van der Waals surface area contributed by atoms with Gasteiger partial charge in [0.2, 0.25) is 5.96 Å². The lowest BCUT2D eigenvalue weighted by molar-refractivity contribution is 0.347. The predicted molar refractivity (Wildman–Crippen MR) is 46.8 cm³/mol. The van der Waals surface area contributed by atoms with Crippen molar-refractivity contribution in [1.29, 1.82) is 0 Å². The molecule has 0 unspecified atom stereocenters. The maximum absolute atomic E-state index is 4.09. The van der Waals surface area contributed by atoms with Crippen LogP contribution < -0.4 is 5.32 Å². The molecule has 1 aliphatic heterocycles. The van der Waals surface area contributed by atoms with Crippen molar-refractivity contribution in [3.05, 3.63) is 0 Å². The SMILES string of the molecule is CN=C1N=CN(C(C)C)CN1. The monoisotopic (exact) mass is 154 g/mol. The number of guanidine groups is 1. The van der Waals surface area contributed by atoms with Gasteiger partial charge >= 0.3 is 0 Å². The molecular weight excluding hydrogens is 140 g/mol. The van der Waals surface area contributed by atoms with Gasteiger partial charge in [0.15, 0.2) is 0 Å². The molecule has 1 N–H and O–H groups in total. The third-order valence-corrected chi connectivity index (χ3v) is 1.62. The minimum absolute atomic E-state index is 0.490. The van der Waals surface area contributed by atoms with Gasteiger partial charge in [-0.3, -0.25) is 4.99 Å². The molecular formula is C7H14N4. The Balaban J connectivity index is 2.56. The standard InChI is InChI=1S/C7H14N4/c1-6(2)11-4-9-7(8-3)10-5-11/h4,6H,5H2,1-3H3,(H,8,10). The number of nitrogens with zero attached hydrogens (tertiary/aromatic N) is 3. The Kier molecular flexibility index (Phi) is 2.46. The minimum atomic E-state index is 0.490. The second-order valence-electron chi connectivity index (χ2n) is 2.73.